The van der Waals surface area contributed by atoms with E-state index in [9.17, 15) is 4.79 Å². The van der Waals surface area contributed by atoms with Gasteiger partial charge in [-0.05, 0) is 18.6 Å². The molecule has 0 aliphatic rings. The second-order valence-corrected chi connectivity index (χ2v) is 5.78. The van der Waals surface area contributed by atoms with Gasteiger partial charge in [0.05, 0.1) is 5.52 Å². The van der Waals surface area contributed by atoms with Gasteiger partial charge in [0.1, 0.15) is 5.69 Å². The zero-order valence-corrected chi connectivity index (χ0v) is 12.5. The number of nitrogens with zero attached hydrogens (tertiary/aromatic N) is 1. The summed E-state index contributed by atoms with van der Waals surface area (Å²) in [6.45, 7) is 2.75. The summed E-state index contributed by atoms with van der Waals surface area (Å²) in [7, 11) is 0. The van der Waals surface area contributed by atoms with Crippen molar-refractivity contribution in [2.45, 2.75) is 24.6 Å². The third-order valence-electron chi connectivity index (χ3n) is 2.92. The maximum absolute atomic E-state index is 12.0. The molecular formula is C15H17BrN2O. The van der Waals surface area contributed by atoms with Crippen LogP contribution in [0, 0.1) is 0 Å². The number of fused-ring (bicyclic) bond motifs is 1. The Morgan fingerprint density at radius 1 is 1.32 bits per heavy atom. The van der Waals surface area contributed by atoms with E-state index in [-0.39, 0.29) is 5.91 Å². The zero-order valence-electron chi connectivity index (χ0n) is 10.9. The Labute approximate surface area is 121 Å². The predicted octanol–water partition coefficient (Wildman–Crippen LogP) is 3.53. The molecule has 1 aromatic heterocycles. The molecule has 4 heteroatoms. The summed E-state index contributed by atoms with van der Waals surface area (Å²) in [5.41, 5.74) is 1.31. The molecule has 0 saturated carbocycles. The van der Waals surface area contributed by atoms with Gasteiger partial charge >= 0.3 is 0 Å². The van der Waals surface area contributed by atoms with Gasteiger partial charge in [-0.3, -0.25) is 4.79 Å². The molecule has 1 heterocycles. The van der Waals surface area contributed by atoms with E-state index in [1.807, 2.05) is 30.3 Å². The lowest BCUT2D eigenvalue weighted by Gasteiger charge is -2.10. The van der Waals surface area contributed by atoms with Crippen molar-refractivity contribution >= 4 is 32.7 Å². The summed E-state index contributed by atoms with van der Waals surface area (Å²) in [5.74, 6) is -0.119. The number of alkyl halides is 1. The SMILES string of the molecule is CCCC(Br)CNC(=O)c1ccc2ccccc2n1. The molecule has 0 spiro atoms. The fourth-order valence-corrected chi connectivity index (χ4v) is 2.52. The van der Waals surface area contributed by atoms with Crippen LogP contribution >= 0.6 is 15.9 Å². The summed E-state index contributed by atoms with van der Waals surface area (Å²) in [4.78, 5) is 16.7. The molecule has 0 aliphatic heterocycles. The average Bonchev–Trinajstić information content (AvgIpc) is 2.44. The molecule has 1 atom stereocenters. The highest BCUT2D eigenvalue weighted by Crippen LogP contribution is 2.12. The molecule has 1 N–H and O–H groups in total. The van der Waals surface area contributed by atoms with Gasteiger partial charge in [0.25, 0.3) is 5.91 Å². The third kappa shape index (κ3) is 3.77. The van der Waals surface area contributed by atoms with Crippen LogP contribution in [0.15, 0.2) is 36.4 Å². The van der Waals surface area contributed by atoms with Crippen LogP contribution in [0.4, 0.5) is 0 Å². The molecule has 3 nitrogen and oxygen atoms in total. The van der Waals surface area contributed by atoms with Crippen LogP contribution in [0.1, 0.15) is 30.3 Å². The van der Waals surface area contributed by atoms with E-state index in [0.717, 1.165) is 23.7 Å². The van der Waals surface area contributed by atoms with Gasteiger partial charge in [0.2, 0.25) is 0 Å². The molecular weight excluding hydrogens is 304 g/mol. The van der Waals surface area contributed by atoms with Gasteiger partial charge in [-0.15, -0.1) is 0 Å². The third-order valence-corrected chi connectivity index (χ3v) is 3.70. The molecule has 0 saturated heterocycles. The first-order valence-corrected chi connectivity index (χ1v) is 7.40. The Kier molecular flexibility index (Phi) is 4.91. The fourth-order valence-electron chi connectivity index (χ4n) is 1.90. The number of amides is 1. The number of hydrogen-bond acceptors (Lipinski definition) is 2. The number of aromatic nitrogens is 1. The highest BCUT2D eigenvalue weighted by Gasteiger charge is 2.10. The van der Waals surface area contributed by atoms with Crippen molar-refractivity contribution in [2.75, 3.05) is 6.54 Å². The zero-order chi connectivity index (χ0) is 13.7. The van der Waals surface area contributed by atoms with Crippen molar-refractivity contribution in [3.8, 4) is 0 Å². The van der Waals surface area contributed by atoms with Crippen LogP contribution < -0.4 is 5.32 Å². The molecule has 19 heavy (non-hydrogen) atoms. The lowest BCUT2D eigenvalue weighted by molar-refractivity contribution is 0.0949. The van der Waals surface area contributed by atoms with E-state index < -0.39 is 0 Å². The van der Waals surface area contributed by atoms with Crippen LogP contribution in [0.5, 0.6) is 0 Å². The lowest BCUT2D eigenvalue weighted by Crippen LogP contribution is -2.30. The normalized spacial score (nSPS) is 12.3. The molecule has 2 rings (SSSR count). The van der Waals surface area contributed by atoms with Gasteiger partial charge in [-0.2, -0.15) is 0 Å². The number of carbonyl (C=O) groups excluding carboxylic acids is 1. The number of halogens is 1. The van der Waals surface area contributed by atoms with Gasteiger partial charge in [-0.1, -0.05) is 53.5 Å². The Bertz CT molecular complexity index is 571. The van der Waals surface area contributed by atoms with E-state index >= 15 is 0 Å². The fraction of sp³-hybridized carbons (Fsp3) is 0.333. The molecule has 0 fully saturated rings. The molecule has 1 aromatic carbocycles. The van der Waals surface area contributed by atoms with Crippen LogP contribution in [-0.4, -0.2) is 22.3 Å². The van der Waals surface area contributed by atoms with Crippen molar-refractivity contribution in [3.63, 3.8) is 0 Å². The minimum absolute atomic E-state index is 0.119. The van der Waals surface area contributed by atoms with Crippen molar-refractivity contribution in [3.05, 3.63) is 42.1 Å². The predicted molar refractivity (Wildman–Crippen MR) is 81.7 cm³/mol. The van der Waals surface area contributed by atoms with Gasteiger partial charge in [-0.25, -0.2) is 4.98 Å². The minimum atomic E-state index is -0.119. The molecule has 0 aliphatic carbocycles. The molecule has 2 aromatic rings. The van der Waals surface area contributed by atoms with Gasteiger partial charge < -0.3 is 5.32 Å². The number of para-hydroxylation sites is 1. The highest BCUT2D eigenvalue weighted by molar-refractivity contribution is 9.09. The molecule has 0 bridgehead atoms. The first-order valence-electron chi connectivity index (χ1n) is 6.48. The summed E-state index contributed by atoms with van der Waals surface area (Å²) >= 11 is 3.54. The number of hydrogen-bond donors (Lipinski definition) is 1. The quantitative estimate of drug-likeness (QED) is 0.856. The van der Waals surface area contributed by atoms with Crippen LogP contribution in [0.2, 0.25) is 0 Å². The number of benzene rings is 1. The van der Waals surface area contributed by atoms with E-state index in [4.69, 9.17) is 0 Å². The van der Waals surface area contributed by atoms with Crippen LogP contribution in [0.3, 0.4) is 0 Å². The van der Waals surface area contributed by atoms with E-state index in [1.54, 1.807) is 6.07 Å². The Balaban J connectivity index is 2.05. The van der Waals surface area contributed by atoms with Crippen LogP contribution in [-0.2, 0) is 0 Å². The van der Waals surface area contributed by atoms with Crippen LogP contribution in [0.25, 0.3) is 10.9 Å². The average molecular weight is 321 g/mol. The Hall–Kier alpha value is -1.42. The summed E-state index contributed by atoms with van der Waals surface area (Å²) in [5, 5.41) is 3.94. The smallest absolute Gasteiger partial charge is 0.269 e. The van der Waals surface area contributed by atoms with Gasteiger partial charge in [0.15, 0.2) is 0 Å². The summed E-state index contributed by atoms with van der Waals surface area (Å²) < 4.78 is 0. The summed E-state index contributed by atoms with van der Waals surface area (Å²) in [6.07, 6.45) is 2.14. The minimum Gasteiger partial charge on any atom is -0.350 e. The van der Waals surface area contributed by atoms with Gasteiger partial charge in [0, 0.05) is 16.8 Å². The number of rotatable bonds is 5. The van der Waals surface area contributed by atoms with Crippen molar-refractivity contribution in [2.24, 2.45) is 0 Å². The standard InChI is InChI=1S/C15H17BrN2O/c1-2-5-12(16)10-17-15(19)14-9-8-11-6-3-4-7-13(11)18-14/h3-4,6-9,12H,2,5,10H2,1H3,(H,17,19). The van der Waals surface area contributed by atoms with E-state index in [0.29, 0.717) is 17.1 Å². The van der Waals surface area contributed by atoms with E-state index in [2.05, 4.69) is 33.2 Å². The number of pyridine rings is 1. The first kappa shape index (κ1) is 14.0. The Morgan fingerprint density at radius 3 is 2.89 bits per heavy atom. The van der Waals surface area contributed by atoms with Crippen molar-refractivity contribution in [1.82, 2.24) is 10.3 Å². The topological polar surface area (TPSA) is 42.0 Å². The first-order chi connectivity index (χ1) is 9.20. The lowest BCUT2D eigenvalue weighted by atomic mass is 10.2. The second kappa shape index (κ2) is 6.66. The maximum atomic E-state index is 12.0. The molecule has 1 unspecified atom stereocenters. The number of carbonyl (C=O) groups is 1. The molecule has 100 valence electrons. The molecule has 0 radical (unpaired) electrons. The number of nitrogens with one attached hydrogen (secondary N) is 1. The maximum Gasteiger partial charge on any atom is 0.269 e. The Morgan fingerprint density at radius 2 is 2.11 bits per heavy atom. The second-order valence-electron chi connectivity index (χ2n) is 4.49. The van der Waals surface area contributed by atoms with Crippen molar-refractivity contribution < 1.29 is 4.79 Å². The largest absolute Gasteiger partial charge is 0.350 e. The highest BCUT2D eigenvalue weighted by atomic mass is 79.9. The molecule has 1 amide bonds. The monoisotopic (exact) mass is 320 g/mol. The van der Waals surface area contributed by atoms with E-state index in [1.165, 1.54) is 0 Å². The van der Waals surface area contributed by atoms with Crippen molar-refractivity contribution in [1.29, 1.82) is 0 Å². The summed E-state index contributed by atoms with van der Waals surface area (Å²) in [6, 6.07) is 11.5.